The lowest BCUT2D eigenvalue weighted by Crippen LogP contribution is -2.53. The van der Waals surface area contributed by atoms with Crippen molar-refractivity contribution >= 4 is 5.69 Å². The molecule has 4 nitrogen and oxygen atoms in total. The quantitative estimate of drug-likeness (QED) is 0.856. The van der Waals surface area contributed by atoms with Crippen molar-refractivity contribution in [2.45, 2.75) is 45.2 Å². The third-order valence-electron chi connectivity index (χ3n) is 6.12. The fourth-order valence-electron chi connectivity index (χ4n) is 4.26. The fourth-order valence-corrected chi connectivity index (χ4v) is 4.26. The molecule has 0 spiro atoms. The molecule has 0 radical (unpaired) electrons. The molecule has 1 atom stereocenters. The van der Waals surface area contributed by atoms with Gasteiger partial charge in [-0.1, -0.05) is 25.1 Å². The molecule has 0 saturated carbocycles. The van der Waals surface area contributed by atoms with Gasteiger partial charge in [-0.15, -0.1) is 0 Å². The summed E-state index contributed by atoms with van der Waals surface area (Å²) in [4.78, 5) is 7.69. The monoisotopic (exact) mass is 344 g/mol. The van der Waals surface area contributed by atoms with E-state index in [0.717, 1.165) is 6.54 Å². The molecule has 4 heteroatoms. The largest absolute Gasteiger partial charge is 0.371 e. The minimum absolute atomic E-state index is 0.682. The molecule has 2 aliphatic rings. The Balaban J connectivity index is 1.43. The number of aryl methyl sites for hydroxylation is 1. The van der Waals surface area contributed by atoms with Gasteiger partial charge >= 0.3 is 0 Å². The van der Waals surface area contributed by atoms with Crippen LogP contribution in [0.1, 0.15) is 31.7 Å². The van der Waals surface area contributed by atoms with Crippen LogP contribution in [-0.2, 0) is 0 Å². The Morgan fingerprint density at radius 3 is 2.36 bits per heavy atom. The topological polar surface area (TPSA) is 21.8 Å². The smallest absolute Gasteiger partial charge is 0.0395 e. The molecule has 0 unspecified atom stereocenters. The van der Waals surface area contributed by atoms with Gasteiger partial charge in [0.15, 0.2) is 0 Å². The van der Waals surface area contributed by atoms with Crippen molar-refractivity contribution in [2.24, 2.45) is 0 Å². The Bertz CT molecular complexity index is 516. The number of nitrogens with zero attached hydrogens (tertiary/aromatic N) is 3. The fraction of sp³-hybridized carbons (Fsp3) is 0.714. The van der Waals surface area contributed by atoms with E-state index in [0.29, 0.717) is 12.1 Å². The van der Waals surface area contributed by atoms with E-state index >= 15 is 0 Å². The van der Waals surface area contributed by atoms with Gasteiger partial charge in [-0.05, 0) is 44.9 Å². The normalized spacial score (nSPS) is 22.3. The van der Waals surface area contributed by atoms with Crippen molar-refractivity contribution < 1.29 is 0 Å². The first-order valence-corrected chi connectivity index (χ1v) is 10.1. The van der Waals surface area contributed by atoms with Gasteiger partial charge in [0.05, 0.1) is 0 Å². The van der Waals surface area contributed by atoms with Gasteiger partial charge in [-0.3, -0.25) is 4.90 Å². The van der Waals surface area contributed by atoms with E-state index in [-0.39, 0.29) is 0 Å². The third-order valence-corrected chi connectivity index (χ3v) is 6.12. The number of piperazine rings is 1. The van der Waals surface area contributed by atoms with Crippen LogP contribution >= 0.6 is 0 Å². The van der Waals surface area contributed by atoms with E-state index in [1.165, 1.54) is 69.8 Å². The third kappa shape index (κ3) is 4.96. The Morgan fingerprint density at radius 2 is 1.72 bits per heavy atom. The summed E-state index contributed by atoms with van der Waals surface area (Å²) in [6.07, 6.45) is 3.76. The summed E-state index contributed by atoms with van der Waals surface area (Å²) in [6, 6.07) is 10.2. The van der Waals surface area contributed by atoms with Gasteiger partial charge < -0.3 is 15.1 Å². The number of hydrogen-bond acceptors (Lipinski definition) is 4. The average Bonchev–Trinajstić information content (AvgIpc) is 2.65. The molecule has 2 heterocycles. The second kappa shape index (κ2) is 9.02. The highest BCUT2D eigenvalue weighted by Gasteiger charge is 2.24. The van der Waals surface area contributed by atoms with Crippen LogP contribution in [0.4, 0.5) is 5.69 Å². The van der Waals surface area contributed by atoms with E-state index < -0.39 is 0 Å². The average molecular weight is 345 g/mol. The van der Waals surface area contributed by atoms with Gasteiger partial charge in [0.1, 0.15) is 0 Å². The molecule has 25 heavy (non-hydrogen) atoms. The van der Waals surface area contributed by atoms with Gasteiger partial charge in [0, 0.05) is 63.6 Å². The summed E-state index contributed by atoms with van der Waals surface area (Å²) in [5.74, 6) is 0. The number of likely N-dealkylation sites (N-methyl/N-ethyl adjacent to an activating group) is 1. The highest BCUT2D eigenvalue weighted by molar-refractivity contribution is 5.53. The first-order chi connectivity index (χ1) is 12.2. The molecular weight excluding hydrogens is 308 g/mol. The minimum atomic E-state index is 0.682. The SMILES string of the molecule is CC[C@@H](CNC1CCN(c2ccccc2C)CC1)N1CCN(C)CC1. The summed E-state index contributed by atoms with van der Waals surface area (Å²) >= 11 is 0. The number of para-hydroxylation sites is 1. The lowest BCUT2D eigenvalue weighted by Gasteiger charge is -2.39. The summed E-state index contributed by atoms with van der Waals surface area (Å²) in [5.41, 5.74) is 2.82. The molecule has 0 bridgehead atoms. The van der Waals surface area contributed by atoms with Crippen molar-refractivity contribution in [3.8, 4) is 0 Å². The van der Waals surface area contributed by atoms with Crippen LogP contribution in [0.5, 0.6) is 0 Å². The number of anilines is 1. The summed E-state index contributed by atoms with van der Waals surface area (Å²) < 4.78 is 0. The van der Waals surface area contributed by atoms with Gasteiger partial charge in [0.25, 0.3) is 0 Å². The molecule has 2 fully saturated rings. The number of nitrogens with one attached hydrogen (secondary N) is 1. The Kier molecular flexibility index (Phi) is 6.74. The molecule has 0 amide bonds. The summed E-state index contributed by atoms with van der Waals surface area (Å²) in [7, 11) is 2.23. The first-order valence-electron chi connectivity index (χ1n) is 10.1. The van der Waals surface area contributed by atoms with Gasteiger partial charge in [-0.25, -0.2) is 0 Å². The van der Waals surface area contributed by atoms with E-state index in [2.05, 4.69) is 65.2 Å². The maximum absolute atomic E-state index is 3.89. The van der Waals surface area contributed by atoms with Crippen LogP contribution in [-0.4, -0.2) is 74.7 Å². The molecule has 2 aliphatic heterocycles. The minimum Gasteiger partial charge on any atom is -0.371 e. The van der Waals surface area contributed by atoms with E-state index in [9.17, 15) is 0 Å². The Hall–Kier alpha value is -1.10. The maximum atomic E-state index is 3.89. The molecular formula is C21H36N4. The van der Waals surface area contributed by atoms with Gasteiger partial charge in [0.2, 0.25) is 0 Å². The van der Waals surface area contributed by atoms with E-state index in [1.807, 2.05) is 0 Å². The zero-order chi connectivity index (χ0) is 17.6. The van der Waals surface area contributed by atoms with E-state index in [1.54, 1.807) is 0 Å². The summed E-state index contributed by atoms with van der Waals surface area (Å²) in [6.45, 7) is 12.9. The molecule has 2 saturated heterocycles. The highest BCUT2D eigenvalue weighted by atomic mass is 15.3. The van der Waals surface area contributed by atoms with Crippen LogP contribution in [0, 0.1) is 6.92 Å². The maximum Gasteiger partial charge on any atom is 0.0395 e. The molecule has 0 aromatic heterocycles. The Labute approximate surface area is 154 Å². The number of rotatable bonds is 6. The second-order valence-electron chi connectivity index (χ2n) is 7.86. The van der Waals surface area contributed by atoms with Crippen molar-refractivity contribution in [3.63, 3.8) is 0 Å². The van der Waals surface area contributed by atoms with Gasteiger partial charge in [-0.2, -0.15) is 0 Å². The van der Waals surface area contributed by atoms with Crippen LogP contribution in [0.25, 0.3) is 0 Å². The first kappa shape index (κ1) is 18.7. The van der Waals surface area contributed by atoms with Crippen molar-refractivity contribution in [2.75, 3.05) is 57.8 Å². The number of hydrogen-bond donors (Lipinski definition) is 1. The van der Waals surface area contributed by atoms with Crippen molar-refractivity contribution in [3.05, 3.63) is 29.8 Å². The lowest BCUT2D eigenvalue weighted by molar-refractivity contribution is 0.106. The van der Waals surface area contributed by atoms with Crippen molar-refractivity contribution in [1.82, 2.24) is 15.1 Å². The Morgan fingerprint density at radius 1 is 1.04 bits per heavy atom. The van der Waals surface area contributed by atoms with Crippen LogP contribution < -0.4 is 10.2 Å². The molecule has 1 aromatic carbocycles. The predicted molar refractivity (Wildman–Crippen MR) is 108 cm³/mol. The number of benzene rings is 1. The van der Waals surface area contributed by atoms with Crippen LogP contribution in [0.2, 0.25) is 0 Å². The van der Waals surface area contributed by atoms with Crippen LogP contribution in [0.3, 0.4) is 0 Å². The molecule has 0 aliphatic carbocycles. The molecule has 1 aromatic rings. The highest BCUT2D eigenvalue weighted by Crippen LogP contribution is 2.23. The summed E-state index contributed by atoms with van der Waals surface area (Å²) in [5, 5.41) is 3.89. The zero-order valence-corrected chi connectivity index (χ0v) is 16.4. The predicted octanol–water partition coefficient (Wildman–Crippen LogP) is 2.58. The van der Waals surface area contributed by atoms with E-state index in [4.69, 9.17) is 0 Å². The lowest BCUT2D eigenvalue weighted by atomic mass is 10.0. The molecule has 3 rings (SSSR count). The number of piperidine rings is 1. The van der Waals surface area contributed by atoms with Crippen molar-refractivity contribution in [1.29, 1.82) is 0 Å². The zero-order valence-electron chi connectivity index (χ0n) is 16.4. The standard InChI is InChI=1S/C21H36N4/c1-4-20(24-15-13-23(3)14-16-24)17-22-19-9-11-25(12-10-19)21-8-6-5-7-18(21)2/h5-8,19-20,22H,4,9-17H2,1-3H3/t20-/m0/s1. The second-order valence-corrected chi connectivity index (χ2v) is 7.86. The molecule has 140 valence electrons. The van der Waals surface area contributed by atoms with Crippen LogP contribution in [0.15, 0.2) is 24.3 Å². The molecule has 1 N–H and O–H groups in total.